The fourth-order valence-electron chi connectivity index (χ4n) is 2.90. The number of imidazole rings is 1. The SMILES string of the molecule is CCCN(c1ccc(C2=CN=CN(C)C2C)c(N)c1)n1ccnc1. The first-order valence-corrected chi connectivity index (χ1v) is 8.22. The maximum atomic E-state index is 6.38. The summed E-state index contributed by atoms with van der Waals surface area (Å²) in [6.45, 7) is 5.20. The summed E-state index contributed by atoms with van der Waals surface area (Å²) in [6, 6.07) is 6.46. The molecule has 1 aliphatic heterocycles. The highest BCUT2D eigenvalue weighted by atomic mass is 15.5. The van der Waals surface area contributed by atoms with E-state index in [4.69, 9.17) is 5.73 Å². The number of rotatable bonds is 5. The van der Waals surface area contributed by atoms with Crippen LogP contribution in [0, 0.1) is 0 Å². The maximum absolute atomic E-state index is 6.38. The number of hydrogen-bond acceptors (Lipinski definition) is 5. The Morgan fingerprint density at radius 3 is 2.83 bits per heavy atom. The zero-order valence-electron chi connectivity index (χ0n) is 14.4. The lowest BCUT2D eigenvalue weighted by Gasteiger charge is -2.29. The molecule has 0 aliphatic carbocycles. The third-order valence-corrected chi connectivity index (χ3v) is 4.37. The van der Waals surface area contributed by atoms with Gasteiger partial charge < -0.3 is 10.6 Å². The molecule has 0 saturated heterocycles. The van der Waals surface area contributed by atoms with Crippen LogP contribution in [0.2, 0.25) is 0 Å². The second kappa shape index (κ2) is 6.78. The molecule has 1 atom stereocenters. The highest BCUT2D eigenvalue weighted by Crippen LogP contribution is 2.31. The third kappa shape index (κ3) is 2.99. The number of nitrogens with zero attached hydrogens (tertiary/aromatic N) is 5. The van der Waals surface area contributed by atoms with Crippen LogP contribution in [-0.4, -0.2) is 40.5 Å². The first-order valence-electron chi connectivity index (χ1n) is 8.22. The molecule has 0 radical (unpaired) electrons. The Balaban J connectivity index is 1.95. The lowest BCUT2D eigenvalue weighted by atomic mass is 9.97. The van der Waals surface area contributed by atoms with Gasteiger partial charge in [-0.2, -0.15) is 0 Å². The molecule has 1 aliphatic rings. The van der Waals surface area contributed by atoms with Crippen molar-refractivity contribution in [3.63, 3.8) is 0 Å². The van der Waals surface area contributed by atoms with E-state index < -0.39 is 0 Å². The molecule has 6 heteroatoms. The standard InChI is InChI=1S/C18H24N6/c1-4-8-24(23-9-7-20-13-23)15-5-6-16(18(19)10-15)17-11-21-12-22(3)14(17)2/h5-7,9-14H,4,8,19H2,1-3H3. The van der Waals surface area contributed by atoms with Crippen molar-refractivity contribution in [3.05, 3.63) is 48.7 Å². The minimum atomic E-state index is 0.246. The molecule has 2 aromatic rings. The van der Waals surface area contributed by atoms with Gasteiger partial charge in [0.1, 0.15) is 6.33 Å². The molecule has 6 nitrogen and oxygen atoms in total. The van der Waals surface area contributed by atoms with Crippen molar-refractivity contribution in [1.82, 2.24) is 14.6 Å². The molecule has 1 unspecified atom stereocenters. The van der Waals surface area contributed by atoms with E-state index in [0.29, 0.717) is 0 Å². The zero-order chi connectivity index (χ0) is 17.1. The average molecular weight is 324 g/mol. The third-order valence-electron chi connectivity index (χ3n) is 4.37. The van der Waals surface area contributed by atoms with Crippen LogP contribution < -0.4 is 10.7 Å². The van der Waals surface area contributed by atoms with Crippen LogP contribution >= 0.6 is 0 Å². The molecule has 0 amide bonds. The van der Waals surface area contributed by atoms with E-state index in [0.717, 1.165) is 35.5 Å². The topological polar surface area (TPSA) is 62.7 Å². The second-order valence-electron chi connectivity index (χ2n) is 6.03. The number of aromatic nitrogens is 2. The molecular formula is C18H24N6. The van der Waals surface area contributed by atoms with E-state index >= 15 is 0 Å². The second-order valence-corrected chi connectivity index (χ2v) is 6.03. The normalized spacial score (nSPS) is 17.0. The van der Waals surface area contributed by atoms with E-state index in [1.54, 1.807) is 12.5 Å². The molecule has 1 aromatic carbocycles. The number of hydrogen-bond donors (Lipinski definition) is 1. The summed E-state index contributed by atoms with van der Waals surface area (Å²) >= 11 is 0. The molecule has 1 aromatic heterocycles. The van der Waals surface area contributed by atoms with Gasteiger partial charge in [-0.15, -0.1) is 0 Å². The Kier molecular flexibility index (Phi) is 4.55. The van der Waals surface area contributed by atoms with Gasteiger partial charge in [0.25, 0.3) is 0 Å². The minimum absolute atomic E-state index is 0.246. The summed E-state index contributed by atoms with van der Waals surface area (Å²) in [5.74, 6) is 0. The Morgan fingerprint density at radius 1 is 1.33 bits per heavy atom. The average Bonchev–Trinajstić information content (AvgIpc) is 3.10. The van der Waals surface area contributed by atoms with Gasteiger partial charge in [-0.05, 0) is 25.5 Å². The Labute approximate surface area is 142 Å². The zero-order valence-corrected chi connectivity index (χ0v) is 14.4. The Morgan fingerprint density at radius 2 is 2.17 bits per heavy atom. The van der Waals surface area contributed by atoms with E-state index in [2.05, 4.69) is 45.9 Å². The summed E-state index contributed by atoms with van der Waals surface area (Å²) in [6.07, 6.45) is 10.3. The van der Waals surface area contributed by atoms with Crippen molar-refractivity contribution in [2.75, 3.05) is 24.3 Å². The van der Waals surface area contributed by atoms with Gasteiger partial charge in [-0.25, -0.2) is 14.7 Å². The number of likely N-dealkylation sites (N-methyl/N-ethyl adjacent to an activating group) is 1. The van der Waals surface area contributed by atoms with Crippen LogP contribution in [0.3, 0.4) is 0 Å². The highest BCUT2D eigenvalue weighted by Gasteiger charge is 2.19. The van der Waals surface area contributed by atoms with Gasteiger partial charge in [0.15, 0.2) is 0 Å². The van der Waals surface area contributed by atoms with Crippen molar-refractivity contribution in [1.29, 1.82) is 0 Å². The molecule has 2 heterocycles. The summed E-state index contributed by atoms with van der Waals surface area (Å²) in [5, 5.41) is 2.16. The molecule has 0 saturated carbocycles. The fourth-order valence-corrected chi connectivity index (χ4v) is 2.90. The number of nitrogens with two attached hydrogens (primary N) is 1. The van der Waals surface area contributed by atoms with Gasteiger partial charge in [-0.3, -0.25) is 5.01 Å². The Bertz CT molecular complexity index is 747. The lowest BCUT2D eigenvalue weighted by Crippen LogP contribution is -2.31. The predicted octanol–water partition coefficient (Wildman–Crippen LogP) is 2.85. The molecule has 24 heavy (non-hydrogen) atoms. The quantitative estimate of drug-likeness (QED) is 0.859. The van der Waals surface area contributed by atoms with Crippen molar-refractivity contribution >= 4 is 23.3 Å². The highest BCUT2D eigenvalue weighted by molar-refractivity contribution is 5.83. The Hall–Kier alpha value is -2.76. The summed E-state index contributed by atoms with van der Waals surface area (Å²) in [7, 11) is 2.02. The van der Waals surface area contributed by atoms with Gasteiger partial charge in [0, 0.05) is 49.0 Å². The number of nitrogen functional groups attached to an aromatic ring is 1. The van der Waals surface area contributed by atoms with Crippen LogP contribution in [-0.2, 0) is 0 Å². The molecule has 126 valence electrons. The predicted molar refractivity (Wildman–Crippen MR) is 99.8 cm³/mol. The van der Waals surface area contributed by atoms with Crippen molar-refractivity contribution < 1.29 is 0 Å². The summed E-state index contributed by atoms with van der Waals surface area (Å²) in [5.41, 5.74) is 10.4. The van der Waals surface area contributed by atoms with Crippen LogP contribution in [0.4, 0.5) is 11.4 Å². The number of benzene rings is 1. The van der Waals surface area contributed by atoms with E-state index in [1.807, 2.05) is 36.5 Å². The van der Waals surface area contributed by atoms with Crippen molar-refractivity contribution in [2.24, 2.45) is 4.99 Å². The monoisotopic (exact) mass is 324 g/mol. The molecule has 0 fully saturated rings. The number of aliphatic imine (C=N–C) groups is 1. The summed E-state index contributed by atoms with van der Waals surface area (Å²) in [4.78, 5) is 10.5. The first-order chi connectivity index (χ1) is 11.6. The van der Waals surface area contributed by atoms with Gasteiger partial charge in [0.05, 0.1) is 18.1 Å². The van der Waals surface area contributed by atoms with Crippen LogP contribution in [0.5, 0.6) is 0 Å². The molecule has 3 rings (SSSR count). The van der Waals surface area contributed by atoms with Crippen LogP contribution in [0.15, 0.2) is 48.1 Å². The van der Waals surface area contributed by atoms with E-state index in [-0.39, 0.29) is 6.04 Å². The smallest absolute Gasteiger partial charge is 0.114 e. The largest absolute Gasteiger partial charge is 0.398 e. The van der Waals surface area contributed by atoms with Gasteiger partial charge in [-0.1, -0.05) is 13.0 Å². The number of anilines is 2. The van der Waals surface area contributed by atoms with Crippen molar-refractivity contribution in [2.45, 2.75) is 26.3 Å². The fraction of sp³-hybridized carbons (Fsp3) is 0.333. The van der Waals surface area contributed by atoms with E-state index in [1.165, 1.54) is 0 Å². The lowest BCUT2D eigenvalue weighted by molar-refractivity contribution is 0.471. The maximum Gasteiger partial charge on any atom is 0.114 e. The van der Waals surface area contributed by atoms with Gasteiger partial charge in [0.2, 0.25) is 0 Å². The van der Waals surface area contributed by atoms with Crippen LogP contribution in [0.1, 0.15) is 25.8 Å². The molecule has 0 bridgehead atoms. The minimum Gasteiger partial charge on any atom is -0.398 e. The summed E-state index contributed by atoms with van der Waals surface area (Å²) < 4.78 is 1.98. The molecule has 0 spiro atoms. The van der Waals surface area contributed by atoms with Crippen molar-refractivity contribution in [3.8, 4) is 0 Å². The van der Waals surface area contributed by atoms with E-state index in [9.17, 15) is 0 Å². The first kappa shape index (κ1) is 16.1. The van der Waals surface area contributed by atoms with Crippen LogP contribution in [0.25, 0.3) is 5.57 Å². The van der Waals surface area contributed by atoms with Gasteiger partial charge >= 0.3 is 0 Å². The molecular weight excluding hydrogens is 300 g/mol. The molecule has 2 N–H and O–H groups in total.